The van der Waals surface area contributed by atoms with Gasteiger partial charge >= 0.3 is 0 Å². The van der Waals surface area contributed by atoms with Crippen LogP contribution in [0, 0.1) is 59.1 Å². The lowest BCUT2D eigenvalue weighted by Gasteiger charge is -2.62. The van der Waals surface area contributed by atoms with Crippen LogP contribution in [0.5, 0.6) is 0 Å². The predicted molar refractivity (Wildman–Crippen MR) is 141 cm³/mol. The highest BCUT2D eigenvalue weighted by molar-refractivity contribution is 5.91. The molecule has 0 aliphatic heterocycles. The van der Waals surface area contributed by atoms with Crippen LogP contribution in [-0.4, -0.2) is 28.3 Å². The van der Waals surface area contributed by atoms with E-state index in [9.17, 15) is 19.4 Å². The molecule has 4 fully saturated rings. The van der Waals surface area contributed by atoms with Gasteiger partial charge in [-0.25, -0.2) is 4.39 Å². The normalized spacial score (nSPS) is 42.7. The van der Waals surface area contributed by atoms with Crippen molar-refractivity contribution in [2.45, 2.75) is 104 Å². The minimum absolute atomic E-state index is 0.0416. The second kappa shape index (κ2) is 9.69. The number of anilines is 1. The lowest BCUT2D eigenvalue weighted by molar-refractivity contribution is -0.174. The second-order valence-electron chi connectivity index (χ2n) is 13.5. The van der Waals surface area contributed by atoms with E-state index in [1.54, 1.807) is 6.07 Å². The Morgan fingerprint density at radius 2 is 1.81 bits per heavy atom. The van der Waals surface area contributed by atoms with E-state index in [2.05, 4.69) is 26.1 Å². The molecule has 10 atom stereocenters. The maximum Gasteiger partial charge on any atom is 0.224 e. The minimum atomic E-state index is -0.334. The van der Waals surface area contributed by atoms with Crippen molar-refractivity contribution < 1.29 is 19.4 Å². The van der Waals surface area contributed by atoms with Gasteiger partial charge in [-0.2, -0.15) is 0 Å². The van der Waals surface area contributed by atoms with Crippen LogP contribution in [-0.2, 0) is 4.79 Å². The highest BCUT2D eigenvalue weighted by atomic mass is 19.1. The van der Waals surface area contributed by atoms with Crippen molar-refractivity contribution in [2.24, 2.45) is 46.3 Å². The molecule has 1 aromatic carbocycles. The van der Waals surface area contributed by atoms with E-state index >= 15 is 0 Å². The van der Waals surface area contributed by atoms with Crippen molar-refractivity contribution >= 4 is 11.6 Å². The van der Waals surface area contributed by atoms with Crippen molar-refractivity contribution in [2.75, 3.05) is 5.32 Å². The highest BCUT2D eigenvalue weighted by Gasteiger charge is 2.62. The van der Waals surface area contributed by atoms with Gasteiger partial charge in [0, 0.05) is 12.1 Å². The Labute approximate surface area is 216 Å². The van der Waals surface area contributed by atoms with Crippen LogP contribution in [0.4, 0.5) is 10.1 Å². The van der Waals surface area contributed by atoms with Crippen LogP contribution in [0.3, 0.4) is 0 Å². The quantitative estimate of drug-likeness (QED) is 0.434. The van der Waals surface area contributed by atoms with Crippen LogP contribution >= 0.6 is 0 Å². The van der Waals surface area contributed by atoms with Gasteiger partial charge in [0.15, 0.2) is 0 Å². The fourth-order valence-corrected chi connectivity index (χ4v) is 9.68. The summed E-state index contributed by atoms with van der Waals surface area (Å²) in [6, 6.07) is 4.51. The van der Waals surface area contributed by atoms with Gasteiger partial charge in [-0.1, -0.05) is 26.8 Å². The van der Waals surface area contributed by atoms with E-state index in [4.69, 9.17) is 0 Å². The summed E-state index contributed by atoms with van der Waals surface area (Å²) in [5.41, 5.74) is 1.90. The molecule has 0 spiro atoms. The fourth-order valence-electron chi connectivity index (χ4n) is 9.68. The molecule has 0 aromatic heterocycles. The molecule has 1 aromatic rings. The van der Waals surface area contributed by atoms with Crippen molar-refractivity contribution in [3.8, 4) is 0 Å². The van der Waals surface area contributed by atoms with E-state index in [0.717, 1.165) is 37.7 Å². The van der Waals surface area contributed by atoms with Gasteiger partial charge in [-0.3, -0.25) is 4.79 Å². The molecule has 5 heteroatoms. The summed E-state index contributed by atoms with van der Waals surface area (Å²) in [7, 11) is 0. The Hall–Kier alpha value is -1.46. The Morgan fingerprint density at radius 3 is 2.58 bits per heavy atom. The number of hydrogen-bond acceptors (Lipinski definition) is 3. The molecular formula is C31H46FNO3. The summed E-state index contributed by atoms with van der Waals surface area (Å²) >= 11 is 0. The Morgan fingerprint density at radius 1 is 1.08 bits per heavy atom. The number of fused-ring (bicyclic) bond motifs is 5. The number of nitrogens with one attached hydrogen (secondary N) is 1. The SMILES string of the molecule is Cc1ccc(F)cc1NC(=O)CC[C@@H](C)[C@H]1CC[C@H]2[C@@H]3[C@H](O)C[C@@H]4C[C@H](O)CC[C@]4(C)[C@H]3CC[C@]12C. The largest absolute Gasteiger partial charge is 0.393 e. The lowest BCUT2D eigenvalue weighted by atomic mass is 9.43. The molecule has 4 nitrogen and oxygen atoms in total. The standard InChI is InChI=1S/C31H46FNO3/c1-18(6-10-28(36)33-26-17-21(32)7-5-19(26)2)23-8-9-24-29-25(12-14-31(23,24)4)30(3)13-11-22(34)15-20(30)16-27(29)35/h5,7,17-18,20,22-25,27,29,34-35H,6,8-16H2,1-4H3,(H,33,36)/t18-,20+,22-,23-,24+,25+,27-,29+,30+,31-/m1/s1. The topological polar surface area (TPSA) is 69.6 Å². The van der Waals surface area contributed by atoms with Gasteiger partial charge in [0.25, 0.3) is 0 Å². The number of aliphatic hydroxyl groups is 2. The predicted octanol–water partition coefficient (Wildman–Crippen LogP) is 6.48. The van der Waals surface area contributed by atoms with Gasteiger partial charge in [-0.15, -0.1) is 0 Å². The molecule has 0 unspecified atom stereocenters. The monoisotopic (exact) mass is 499 g/mol. The minimum Gasteiger partial charge on any atom is -0.393 e. The third-order valence-corrected chi connectivity index (χ3v) is 11.7. The average molecular weight is 500 g/mol. The van der Waals surface area contributed by atoms with Gasteiger partial charge in [0.1, 0.15) is 5.82 Å². The van der Waals surface area contributed by atoms with Gasteiger partial charge in [0.05, 0.1) is 12.2 Å². The third kappa shape index (κ3) is 4.42. The maximum atomic E-state index is 13.6. The van der Waals surface area contributed by atoms with Gasteiger partial charge < -0.3 is 15.5 Å². The van der Waals surface area contributed by atoms with Crippen LogP contribution in [0.2, 0.25) is 0 Å². The average Bonchev–Trinajstić information content (AvgIpc) is 3.18. The summed E-state index contributed by atoms with van der Waals surface area (Å²) in [5, 5.41) is 24.6. The first kappa shape index (κ1) is 26.2. The first-order chi connectivity index (χ1) is 17.0. The molecular weight excluding hydrogens is 453 g/mol. The van der Waals surface area contributed by atoms with Gasteiger partial charge in [-0.05, 0) is 129 Å². The number of aryl methyl sites for hydroxylation is 1. The number of amides is 1. The number of hydrogen-bond donors (Lipinski definition) is 3. The number of carbonyl (C=O) groups excluding carboxylic acids is 1. The number of rotatable bonds is 5. The highest BCUT2D eigenvalue weighted by Crippen LogP contribution is 2.68. The smallest absolute Gasteiger partial charge is 0.224 e. The van der Waals surface area contributed by atoms with Crippen molar-refractivity contribution in [3.63, 3.8) is 0 Å². The van der Waals surface area contributed by atoms with Crippen LogP contribution in [0.1, 0.15) is 90.5 Å². The van der Waals surface area contributed by atoms with E-state index in [1.807, 2.05) is 6.92 Å². The second-order valence-corrected chi connectivity index (χ2v) is 13.5. The van der Waals surface area contributed by atoms with E-state index < -0.39 is 0 Å². The Kier molecular flexibility index (Phi) is 7.04. The van der Waals surface area contributed by atoms with Crippen molar-refractivity contribution in [1.29, 1.82) is 0 Å². The summed E-state index contributed by atoms with van der Waals surface area (Å²) in [5.74, 6) is 2.55. The zero-order valence-corrected chi connectivity index (χ0v) is 22.6. The zero-order chi connectivity index (χ0) is 25.8. The molecule has 4 aliphatic rings. The molecule has 0 bridgehead atoms. The molecule has 5 rings (SSSR count). The Balaban J connectivity index is 1.24. The molecule has 4 aliphatic carbocycles. The summed E-state index contributed by atoms with van der Waals surface area (Å²) in [4.78, 5) is 12.7. The van der Waals surface area contributed by atoms with Crippen LogP contribution < -0.4 is 5.32 Å². The van der Waals surface area contributed by atoms with Crippen molar-refractivity contribution in [1.82, 2.24) is 0 Å². The van der Waals surface area contributed by atoms with Crippen molar-refractivity contribution in [3.05, 3.63) is 29.6 Å². The molecule has 3 N–H and O–H groups in total. The van der Waals surface area contributed by atoms with Crippen LogP contribution in [0.25, 0.3) is 0 Å². The fraction of sp³-hybridized carbons (Fsp3) is 0.774. The number of halogens is 1. The van der Waals surface area contributed by atoms with Gasteiger partial charge in [0.2, 0.25) is 5.91 Å². The van der Waals surface area contributed by atoms with Crippen LogP contribution in [0.15, 0.2) is 18.2 Å². The molecule has 36 heavy (non-hydrogen) atoms. The summed E-state index contributed by atoms with van der Waals surface area (Å²) in [6.45, 7) is 9.13. The first-order valence-corrected chi connectivity index (χ1v) is 14.4. The maximum absolute atomic E-state index is 13.6. The third-order valence-electron chi connectivity index (χ3n) is 11.7. The lowest BCUT2D eigenvalue weighted by Crippen LogP contribution is -2.58. The Bertz CT molecular complexity index is 983. The molecule has 0 radical (unpaired) electrons. The molecule has 1 amide bonds. The van der Waals surface area contributed by atoms with E-state index in [0.29, 0.717) is 47.6 Å². The first-order valence-electron chi connectivity index (χ1n) is 14.4. The summed E-state index contributed by atoms with van der Waals surface area (Å²) < 4.78 is 13.6. The molecule has 0 heterocycles. The number of carbonyl (C=O) groups is 1. The zero-order valence-electron chi connectivity index (χ0n) is 22.6. The number of aliphatic hydroxyl groups excluding tert-OH is 2. The van der Waals surface area contributed by atoms with E-state index in [1.165, 1.54) is 37.8 Å². The summed E-state index contributed by atoms with van der Waals surface area (Å²) in [6.07, 6.45) is 9.30. The van der Waals surface area contributed by atoms with E-state index in [-0.39, 0.29) is 34.8 Å². The molecule has 0 saturated heterocycles. The molecule has 200 valence electrons. The molecule has 4 saturated carbocycles. The number of benzene rings is 1.